The standard InChI is InChI=1S/C21H30N4O2/c1-4-13-24-14-12-21(11-10-19(24)26)17-25(16-15-22(21)2)20(27)23(3)18-8-6-5-7-9-18/h4-9H,1,10-17H2,2-3H3/t21-/m1/s1. The third-order valence-electron chi connectivity index (χ3n) is 6.05. The maximum atomic E-state index is 13.1. The van der Waals surface area contributed by atoms with E-state index in [1.807, 2.05) is 47.2 Å². The van der Waals surface area contributed by atoms with E-state index < -0.39 is 0 Å². The van der Waals surface area contributed by atoms with Gasteiger partial charge in [0, 0.05) is 57.4 Å². The van der Waals surface area contributed by atoms with Crippen LogP contribution in [0.4, 0.5) is 10.5 Å². The lowest BCUT2D eigenvalue weighted by Crippen LogP contribution is -2.63. The third-order valence-corrected chi connectivity index (χ3v) is 6.05. The van der Waals surface area contributed by atoms with Crippen molar-refractivity contribution in [3.8, 4) is 0 Å². The Kier molecular flexibility index (Phi) is 5.85. The Morgan fingerprint density at radius 3 is 2.67 bits per heavy atom. The molecule has 2 saturated heterocycles. The molecule has 146 valence electrons. The number of anilines is 1. The number of carbonyl (C=O) groups is 2. The van der Waals surface area contributed by atoms with Gasteiger partial charge in [0.2, 0.25) is 5.91 Å². The zero-order chi connectivity index (χ0) is 19.4. The van der Waals surface area contributed by atoms with Crippen molar-refractivity contribution < 1.29 is 9.59 Å². The normalized spacial score (nSPS) is 24.0. The molecule has 3 rings (SSSR count). The van der Waals surface area contributed by atoms with E-state index in [0.717, 1.165) is 25.1 Å². The summed E-state index contributed by atoms with van der Waals surface area (Å²) < 4.78 is 0. The molecule has 0 bridgehead atoms. The van der Waals surface area contributed by atoms with Gasteiger partial charge in [0.15, 0.2) is 0 Å². The minimum Gasteiger partial charge on any atom is -0.339 e. The van der Waals surface area contributed by atoms with Gasteiger partial charge >= 0.3 is 6.03 Å². The summed E-state index contributed by atoms with van der Waals surface area (Å²) in [5, 5.41) is 0. The molecule has 0 N–H and O–H groups in total. The SMILES string of the molecule is C=CCN1CC[C@]2(CCC1=O)CN(C(=O)N(C)c1ccccc1)CCN2C. The van der Waals surface area contributed by atoms with E-state index in [2.05, 4.69) is 18.5 Å². The van der Waals surface area contributed by atoms with Crippen LogP contribution in [0.2, 0.25) is 0 Å². The van der Waals surface area contributed by atoms with Gasteiger partial charge < -0.3 is 9.80 Å². The van der Waals surface area contributed by atoms with Crippen LogP contribution in [-0.2, 0) is 4.79 Å². The van der Waals surface area contributed by atoms with Crippen LogP contribution in [0, 0.1) is 0 Å². The van der Waals surface area contributed by atoms with Crippen LogP contribution in [0.5, 0.6) is 0 Å². The Morgan fingerprint density at radius 1 is 1.22 bits per heavy atom. The van der Waals surface area contributed by atoms with E-state index >= 15 is 0 Å². The topological polar surface area (TPSA) is 47.1 Å². The van der Waals surface area contributed by atoms with Gasteiger partial charge in [-0.3, -0.25) is 14.6 Å². The summed E-state index contributed by atoms with van der Waals surface area (Å²) >= 11 is 0. The fraction of sp³-hybridized carbons (Fsp3) is 0.524. The van der Waals surface area contributed by atoms with Crippen molar-refractivity contribution in [2.75, 3.05) is 51.7 Å². The van der Waals surface area contributed by atoms with E-state index in [4.69, 9.17) is 0 Å². The zero-order valence-electron chi connectivity index (χ0n) is 16.4. The number of rotatable bonds is 3. The molecule has 0 aromatic heterocycles. The number of hydrogen-bond donors (Lipinski definition) is 0. The molecule has 3 amide bonds. The van der Waals surface area contributed by atoms with Gasteiger partial charge in [0.05, 0.1) is 0 Å². The van der Waals surface area contributed by atoms with Crippen molar-refractivity contribution >= 4 is 17.6 Å². The van der Waals surface area contributed by atoms with E-state index in [1.165, 1.54) is 0 Å². The second-order valence-corrected chi connectivity index (χ2v) is 7.62. The summed E-state index contributed by atoms with van der Waals surface area (Å²) in [4.78, 5) is 33.4. The van der Waals surface area contributed by atoms with Gasteiger partial charge in [-0.1, -0.05) is 24.3 Å². The van der Waals surface area contributed by atoms with Crippen molar-refractivity contribution in [2.24, 2.45) is 0 Å². The van der Waals surface area contributed by atoms with Crippen molar-refractivity contribution in [3.05, 3.63) is 43.0 Å². The van der Waals surface area contributed by atoms with Crippen LogP contribution < -0.4 is 4.90 Å². The molecule has 2 aliphatic heterocycles. The van der Waals surface area contributed by atoms with Crippen LogP contribution in [0.25, 0.3) is 0 Å². The van der Waals surface area contributed by atoms with Crippen molar-refractivity contribution in [3.63, 3.8) is 0 Å². The summed E-state index contributed by atoms with van der Waals surface area (Å²) in [6.07, 6.45) is 3.97. The Balaban J connectivity index is 1.74. The van der Waals surface area contributed by atoms with Crippen molar-refractivity contribution in [1.29, 1.82) is 0 Å². The largest absolute Gasteiger partial charge is 0.339 e. The predicted octanol–water partition coefficient (Wildman–Crippen LogP) is 2.43. The molecule has 1 spiro atoms. The number of para-hydroxylation sites is 1. The second kappa shape index (κ2) is 8.13. The van der Waals surface area contributed by atoms with Crippen LogP contribution in [0.3, 0.4) is 0 Å². The van der Waals surface area contributed by atoms with Crippen LogP contribution in [0.1, 0.15) is 19.3 Å². The predicted molar refractivity (Wildman–Crippen MR) is 108 cm³/mol. The molecule has 1 atom stereocenters. The minimum absolute atomic E-state index is 0.0206. The molecular formula is C21H30N4O2. The first kappa shape index (κ1) is 19.4. The highest BCUT2D eigenvalue weighted by molar-refractivity contribution is 5.91. The van der Waals surface area contributed by atoms with Gasteiger partial charge in [-0.05, 0) is 32.0 Å². The summed E-state index contributed by atoms with van der Waals surface area (Å²) in [6, 6.07) is 9.74. The molecule has 0 aliphatic carbocycles. The van der Waals surface area contributed by atoms with Gasteiger partial charge in [-0.15, -0.1) is 6.58 Å². The fourth-order valence-electron chi connectivity index (χ4n) is 4.18. The van der Waals surface area contributed by atoms with E-state index in [-0.39, 0.29) is 17.5 Å². The number of carbonyl (C=O) groups excluding carboxylic acids is 2. The molecule has 6 heteroatoms. The highest BCUT2D eigenvalue weighted by atomic mass is 16.2. The number of hydrogen-bond acceptors (Lipinski definition) is 3. The van der Waals surface area contributed by atoms with Crippen LogP contribution in [-0.4, -0.2) is 79.0 Å². The number of likely N-dealkylation sites (N-methyl/N-ethyl adjacent to an activating group) is 1. The molecule has 1 aromatic carbocycles. The average Bonchev–Trinajstić information content (AvgIpc) is 2.85. The number of urea groups is 1. The van der Waals surface area contributed by atoms with Gasteiger partial charge in [0.25, 0.3) is 0 Å². The maximum absolute atomic E-state index is 13.1. The van der Waals surface area contributed by atoms with Crippen LogP contribution in [0.15, 0.2) is 43.0 Å². The third kappa shape index (κ3) is 4.00. The maximum Gasteiger partial charge on any atom is 0.324 e. The average molecular weight is 370 g/mol. The van der Waals surface area contributed by atoms with E-state index in [0.29, 0.717) is 32.6 Å². The number of amides is 3. The van der Waals surface area contributed by atoms with Gasteiger partial charge in [0.1, 0.15) is 0 Å². The Morgan fingerprint density at radius 2 is 1.96 bits per heavy atom. The monoisotopic (exact) mass is 370 g/mol. The molecular weight excluding hydrogens is 340 g/mol. The molecule has 27 heavy (non-hydrogen) atoms. The molecule has 2 heterocycles. The Hall–Kier alpha value is -2.34. The molecule has 2 aliphatic rings. The second-order valence-electron chi connectivity index (χ2n) is 7.62. The Labute approximate surface area is 162 Å². The number of likely N-dealkylation sites (tertiary alicyclic amines) is 1. The first-order chi connectivity index (χ1) is 13.0. The van der Waals surface area contributed by atoms with Crippen molar-refractivity contribution in [1.82, 2.24) is 14.7 Å². The lowest BCUT2D eigenvalue weighted by Gasteiger charge is -2.49. The number of benzene rings is 1. The first-order valence-corrected chi connectivity index (χ1v) is 9.64. The number of piperazine rings is 1. The first-order valence-electron chi connectivity index (χ1n) is 9.64. The quantitative estimate of drug-likeness (QED) is 0.768. The lowest BCUT2D eigenvalue weighted by molar-refractivity contribution is -0.130. The van der Waals surface area contributed by atoms with E-state index in [1.54, 1.807) is 11.0 Å². The molecule has 1 aromatic rings. The minimum atomic E-state index is -0.142. The van der Waals surface area contributed by atoms with E-state index in [9.17, 15) is 9.59 Å². The summed E-state index contributed by atoms with van der Waals surface area (Å²) in [5.74, 6) is 0.185. The molecule has 6 nitrogen and oxygen atoms in total. The zero-order valence-corrected chi connectivity index (χ0v) is 16.4. The fourth-order valence-corrected chi connectivity index (χ4v) is 4.18. The summed E-state index contributed by atoms with van der Waals surface area (Å²) in [6.45, 7) is 7.26. The summed E-state index contributed by atoms with van der Waals surface area (Å²) in [5.41, 5.74) is 0.750. The highest BCUT2D eigenvalue weighted by Crippen LogP contribution is 2.32. The highest BCUT2D eigenvalue weighted by Gasteiger charge is 2.43. The molecule has 0 radical (unpaired) electrons. The lowest BCUT2D eigenvalue weighted by atomic mass is 9.86. The number of nitrogens with zero attached hydrogens (tertiary/aromatic N) is 4. The molecule has 2 fully saturated rings. The Bertz CT molecular complexity index is 693. The van der Waals surface area contributed by atoms with Gasteiger partial charge in [-0.25, -0.2) is 4.79 Å². The summed E-state index contributed by atoms with van der Waals surface area (Å²) in [7, 11) is 3.95. The molecule has 0 saturated carbocycles. The smallest absolute Gasteiger partial charge is 0.324 e. The van der Waals surface area contributed by atoms with Gasteiger partial charge in [-0.2, -0.15) is 0 Å². The molecule has 0 unspecified atom stereocenters. The van der Waals surface area contributed by atoms with Crippen LogP contribution >= 0.6 is 0 Å². The van der Waals surface area contributed by atoms with Crippen molar-refractivity contribution in [2.45, 2.75) is 24.8 Å².